The van der Waals surface area contributed by atoms with E-state index in [2.05, 4.69) is 4.98 Å². The average Bonchev–Trinajstić information content (AvgIpc) is 2.60. The highest BCUT2D eigenvalue weighted by Crippen LogP contribution is 2.22. The minimum atomic E-state index is -0.811. The lowest BCUT2D eigenvalue weighted by atomic mass is 10.3. The second kappa shape index (κ2) is 5.28. The first-order valence-electron chi connectivity index (χ1n) is 5.72. The molecule has 2 unspecified atom stereocenters. The summed E-state index contributed by atoms with van der Waals surface area (Å²) in [6, 6.07) is 5.53. The zero-order valence-electron chi connectivity index (χ0n) is 10.4. The van der Waals surface area contributed by atoms with Crippen LogP contribution >= 0.6 is 11.6 Å². The van der Waals surface area contributed by atoms with Crippen LogP contribution in [0.15, 0.2) is 18.2 Å². The molecule has 0 spiro atoms. The minimum Gasteiger partial charge on any atom is -0.369 e. The summed E-state index contributed by atoms with van der Waals surface area (Å²) < 4.78 is 13.3. The van der Waals surface area contributed by atoms with Crippen LogP contribution in [0.4, 0.5) is 5.95 Å². The van der Waals surface area contributed by atoms with Crippen LogP contribution in [-0.4, -0.2) is 25.3 Å². The standard InChI is InChI=1S/C12H16ClN3OS/c1-8(18(2)17)5-6-16-11-4-3-9(13)7-10(11)15-12(16)14/h3-4,7-8H,5-6H2,1-2H3,(H2,14,15). The van der Waals surface area contributed by atoms with Crippen LogP contribution in [0, 0.1) is 0 Å². The van der Waals surface area contributed by atoms with Crippen molar-refractivity contribution in [1.82, 2.24) is 9.55 Å². The Morgan fingerprint density at radius 1 is 1.56 bits per heavy atom. The number of imidazole rings is 1. The van der Waals surface area contributed by atoms with Gasteiger partial charge in [0.1, 0.15) is 0 Å². The van der Waals surface area contributed by atoms with E-state index in [1.54, 1.807) is 12.3 Å². The monoisotopic (exact) mass is 285 g/mol. The molecular weight excluding hydrogens is 270 g/mol. The van der Waals surface area contributed by atoms with Crippen molar-refractivity contribution >= 4 is 39.4 Å². The third-order valence-electron chi connectivity index (χ3n) is 3.07. The summed E-state index contributed by atoms with van der Waals surface area (Å²) in [5, 5.41) is 0.796. The lowest BCUT2D eigenvalue weighted by Gasteiger charge is -2.10. The van der Waals surface area contributed by atoms with Gasteiger partial charge in [-0.1, -0.05) is 18.5 Å². The van der Waals surface area contributed by atoms with Crippen LogP contribution in [-0.2, 0) is 17.3 Å². The van der Waals surface area contributed by atoms with Gasteiger partial charge in [-0.15, -0.1) is 0 Å². The Balaban J connectivity index is 2.27. The lowest BCUT2D eigenvalue weighted by molar-refractivity contribution is 0.633. The number of aromatic nitrogens is 2. The van der Waals surface area contributed by atoms with Crippen LogP contribution in [0.2, 0.25) is 5.02 Å². The van der Waals surface area contributed by atoms with Gasteiger partial charge in [0.2, 0.25) is 5.95 Å². The Kier molecular flexibility index (Phi) is 3.92. The Morgan fingerprint density at radius 2 is 2.28 bits per heavy atom. The first kappa shape index (κ1) is 13.4. The quantitative estimate of drug-likeness (QED) is 0.938. The number of nitrogen functional groups attached to an aromatic ring is 1. The fraction of sp³-hybridized carbons (Fsp3) is 0.417. The summed E-state index contributed by atoms with van der Waals surface area (Å²) >= 11 is 5.92. The van der Waals surface area contributed by atoms with Gasteiger partial charge in [-0.3, -0.25) is 4.21 Å². The van der Waals surface area contributed by atoms with E-state index in [1.165, 1.54) is 0 Å². The highest BCUT2D eigenvalue weighted by Gasteiger charge is 2.11. The number of anilines is 1. The third kappa shape index (κ3) is 2.67. The van der Waals surface area contributed by atoms with Gasteiger partial charge in [0, 0.05) is 33.9 Å². The normalized spacial score (nSPS) is 14.8. The van der Waals surface area contributed by atoms with Crippen molar-refractivity contribution in [2.45, 2.75) is 25.1 Å². The molecule has 4 nitrogen and oxygen atoms in total. The van der Waals surface area contributed by atoms with Crippen molar-refractivity contribution in [1.29, 1.82) is 0 Å². The number of hydrogen-bond donors (Lipinski definition) is 1. The Labute approximate surface area is 114 Å². The van der Waals surface area contributed by atoms with E-state index in [-0.39, 0.29) is 5.25 Å². The maximum atomic E-state index is 11.3. The Morgan fingerprint density at radius 3 is 2.94 bits per heavy atom. The first-order valence-corrected chi connectivity index (χ1v) is 7.72. The van der Waals surface area contributed by atoms with Gasteiger partial charge in [-0.05, 0) is 24.6 Å². The number of aryl methyl sites for hydroxylation is 1. The van der Waals surface area contributed by atoms with E-state index in [4.69, 9.17) is 17.3 Å². The predicted molar refractivity (Wildman–Crippen MR) is 77.3 cm³/mol. The van der Waals surface area contributed by atoms with Gasteiger partial charge >= 0.3 is 0 Å². The van der Waals surface area contributed by atoms with E-state index in [0.29, 0.717) is 17.5 Å². The summed E-state index contributed by atoms with van der Waals surface area (Å²) in [4.78, 5) is 4.28. The van der Waals surface area contributed by atoms with Crippen LogP contribution in [0.3, 0.4) is 0 Å². The van der Waals surface area contributed by atoms with E-state index in [1.807, 2.05) is 23.6 Å². The smallest absolute Gasteiger partial charge is 0.201 e. The summed E-state index contributed by atoms with van der Waals surface area (Å²) in [6.07, 6.45) is 2.53. The summed E-state index contributed by atoms with van der Waals surface area (Å²) in [5.41, 5.74) is 7.66. The minimum absolute atomic E-state index is 0.147. The highest BCUT2D eigenvalue weighted by molar-refractivity contribution is 7.84. The maximum absolute atomic E-state index is 11.3. The first-order chi connectivity index (χ1) is 8.49. The van der Waals surface area contributed by atoms with Gasteiger partial charge in [0.05, 0.1) is 11.0 Å². The molecular formula is C12H16ClN3OS. The number of hydrogen-bond acceptors (Lipinski definition) is 3. The molecule has 1 aromatic carbocycles. The third-order valence-corrected chi connectivity index (χ3v) is 4.67. The van der Waals surface area contributed by atoms with E-state index >= 15 is 0 Å². The van der Waals surface area contributed by atoms with Gasteiger partial charge in [0.25, 0.3) is 0 Å². The molecule has 0 aliphatic rings. The van der Waals surface area contributed by atoms with Crippen LogP contribution in [0.25, 0.3) is 11.0 Å². The lowest BCUT2D eigenvalue weighted by Crippen LogP contribution is -2.13. The zero-order valence-corrected chi connectivity index (χ0v) is 12.0. The van der Waals surface area contributed by atoms with Gasteiger partial charge in [-0.2, -0.15) is 0 Å². The molecule has 0 saturated carbocycles. The molecule has 1 aromatic heterocycles. The Bertz CT molecular complexity index is 596. The zero-order chi connectivity index (χ0) is 13.3. The maximum Gasteiger partial charge on any atom is 0.201 e. The summed E-state index contributed by atoms with van der Waals surface area (Å²) in [6.45, 7) is 2.69. The van der Waals surface area contributed by atoms with Crippen LogP contribution < -0.4 is 5.73 Å². The van der Waals surface area contributed by atoms with Crippen molar-refractivity contribution in [3.05, 3.63) is 23.2 Å². The molecule has 98 valence electrons. The van der Waals surface area contributed by atoms with E-state index < -0.39 is 10.8 Å². The van der Waals surface area contributed by atoms with E-state index in [0.717, 1.165) is 17.5 Å². The largest absolute Gasteiger partial charge is 0.369 e. The number of fused-ring (bicyclic) bond motifs is 1. The molecule has 2 N–H and O–H groups in total. The number of nitrogens with two attached hydrogens (primary N) is 1. The second-order valence-corrected chi connectivity index (χ2v) is 6.59. The van der Waals surface area contributed by atoms with Crippen molar-refractivity contribution in [3.8, 4) is 0 Å². The molecule has 2 atom stereocenters. The molecule has 0 aliphatic carbocycles. The molecule has 0 bridgehead atoms. The fourth-order valence-corrected chi connectivity index (χ4v) is 2.44. The molecule has 0 radical (unpaired) electrons. The molecule has 0 saturated heterocycles. The van der Waals surface area contributed by atoms with Crippen molar-refractivity contribution in [2.75, 3.05) is 12.0 Å². The topological polar surface area (TPSA) is 60.9 Å². The molecule has 2 rings (SSSR count). The predicted octanol–water partition coefficient (Wildman–Crippen LogP) is 2.43. The van der Waals surface area contributed by atoms with Gasteiger partial charge in [-0.25, -0.2) is 4.98 Å². The molecule has 6 heteroatoms. The molecule has 18 heavy (non-hydrogen) atoms. The SMILES string of the molecule is CC(CCn1c(N)nc2cc(Cl)ccc21)S(C)=O. The van der Waals surface area contributed by atoms with Gasteiger partial charge < -0.3 is 10.3 Å². The van der Waals surface area contributed by atoms with Crippen molar-refractivity contribution < 1.29 is 4.21 Å². The van der Waals surface area contributed by atoms with E-state index in [9.17, 15) is 4.21 Å². The molecule has 1 heterocycles. The van der Waals surface area contributed by atoms with Crippen LogP contribution in [0.1, 0.15) is 13.3 Å². The van der Waals surface area contributed by atoms with Crippen molar-refractivity contribution in [3.63, 3.8) is 0 Å². The van der Waals surface area contributed by atoms with Crippen molar-refractivity contribution in [2.24, 2.45) is 0 Å². The highest BCUT2D eigenvalue weighted by atomic mass is 35.5. The number of halogens is 1. The second-order valence-electron chi connectivity index (χ2n) is 4.35. The molecule has 0 amide bonds. The van der Waals surface area contributed by atoms with Crippen LogP contribution in [0.5, 0.6) is 0 Å². The summed E-state index contributed by atoms with van der Waals surface area (Å²) in [5.74, 6) is 0.473. The van der Waals surface area contributed by atoms with Gasteiger partial charge in [0.15, 0.2) is 0 Å². The molecule has 2 aromatic rings. The molecule has 0 fully saturated rings. The number of rotatable bonds is 4. The number of nitrogens with zero attached hydrogens (tertiary/aromatic N) is 2. The Hall–Kier alpha value is -1.07. The average molecular weight is 286 g/mol. The molecule has 0 aliphatic heterocycles. The number of benzene rings is 1. The fourth-order valence-electron chi connectivity index (χ4n) is 1.83. The summed E-state index contributed by atoms with van der Waals surface area (Å²) in [7, 11) is -0.811.